The van der Waals surface area contributed by atoms with Crippen LogP contribution in [0.4, 0.5) is 10.1 Å². The number of rotatable bonds is 8. The number of aromatic nitrogens is 4. The number of aryl methyl sites for hydroxylation is 1. The van der Waals surface area contributed by atoms with Gasteiger partial charge < -0.3 is 10.3 Å². The van der Waals surface area contributed by atoms with Gasteiger partial charge in [-0.1, -0.05) is 52.1 Å². The Hall–Kier alpha value is -4.23. The molecule has 0 aliphatic heterocycles. The molecule has 5 rings (SSSR count). The van der Waals surface area contributed by atoms with Gasteiger partial charge in [0.1, 0.15) is 5.69 Å². The second-order valence-corrected chi connectivity index (χ2v) is 11.9. The number of H-pyrrole nitrogens is 2. The van der Waals surface area contributed by atoms with Crippen LogP contribution < -0.4 is 5.32 Å². The summed E-state index contributed by atoms with van der Waals surface area (Å²) in [6.45, 7) is 16.6. The van der Waals surface area contributed by atoms with Crippen LogP contribution in [0, 0.1) is 17.5 Å². The van der Waals surface area contributed by atoms with Crippen LogP contribution in [-0.4, -0.2) is 20.2 Å². The van der Waals surface area contributed by atoms with Crippen LogP contribution in [0.3, 0.4) is 0 Å². The predicted octanol–water partition coefficient (Wildman–Crippen LogP) is 9.11. The summed E-state index contributed by atoms with van der Waals surface area (Å²) in [7, 11) is 0. The standard InChI is InChI=1S/C32H32FN5S/c1-7-8-24(29-11-12-30(33)39-29)25-15-28(36-20(25)3)31-26-14-21(9-10-27(26)37-38-31)22-13-23(18-34-17-22)35-19(2)16-32(4,5)6/h7-15,17-18,35-36H,1-2,16H2,3-6H3,(H,37,38)/b24-8+. The van der Waals surface area contributed by atoms with Crippen molar-refractivity contribution in [3.8, 4) is 22.5 Å². The number of hydrogen-bond donors (Lipinski definition) is 3. The molecule has 0 spiro atoms. The molecule has 5 nitrogen and oxygen atoms in total. The van der Waals surface area contributed by atoms with Crippen molar-refractivity contribution in [2.45, 2.75) is 34.1 Å². The number of fused-ring (bicyclic) bond motifs is 1. The molecule has 5 aromatic rings. The van der Waals surface area contributed by atoms with Gasteiger partial charge in [0.15, 0.2) is 5.13 Å². The van der Waals surface area contributed by atoms with Gasteiger partial charge >= 0.3 is 0 Å². The molecular formula is C32H32FN5S. The van der Waals surface area contributed by atoms with Crippen molar-refractivity contribution in [3.63, 3.8) is 0 Å². The Balaban J connectivity index is 1.49. The number of benzene rings is 1. The van der Waals surface area contributed by atoms with E-state index < -0.39 is 0 Å². The van der Waals surface area contributed by atoms with Gasteiger partial charge in [0, 0.05) is 44.6 Å². The summed E-state index contributed by atoms with van der Waals surface area (Å²) >= 11 is 1.12. The third kappa shape index (κ3) is 5.78. The van der Waals surface area contributed by atoms with Gasteiger partial charge in [-0.2, -0.15) is 9.49 Å². The molecule has 0 saturated heterocycles. The Kier molecular flexibility index (Phi) is 7.10. The van der Waals surface area contributed by atoms with Gasteiger partial charge in [-0.25, -0.2) is 0 Å². The van der Waals surface area contributed by atoms with Crippen LogP contribution in [0.15, 0.2) is 85.9 Å². The van der Waals surface area contributed by atoms with E-state index in [2.05, 4.69) is 83.7 Å². The molecule has 0 amide bonds. The lowest BCUT2D eigenvalue weighted by Crippen LogP contribution is -2.10. The van der Waals surface area contributed by atoms with E-state index in [1.807, 2.05) is 31.5 Å². The van der Waals surface area contributed by atoms with Crippen LogP contribution in [-0.2, 0) is 0 Å². The Morgan fingerprint density at radius 2 is 1.92 bits per heavy atom. The maximum absolute atomic E-state index is 13.8. The minimum Gasteiger partial charge on any atom is -0.358 e. The van der Waals surface area contributed by atoms with Crippen molar-refractivity contribution in [1.82, 2.24) is 20.2 Å². The van der Waals surface area contributed by atoms with Crippen LogP contribution >= 0.6 is 11.3 Å². The van der Waals surface area contributed by atoms with E-state index in [9.17, 15) is 4.39 Å². The fraction of sp³-hybridized carbons (Fsp3) is 0.188. The van der Waals surface area contributed by atoms with Crippen molar-refractivity contribution >= 4 is 33.5 Å². The zero-order chi connectivity index (χ0) is 27.7. The molecule has 1 aromatic carbocycles. The van der Waals surface area contributed by atoms with Crippen molar-refractivity contribution < 1.29 is 4.39 Å². The minimum atomic E-state index is -0.216. The summed E-state index contributed by atoms with van der Waals surface area (Å²) in [5, 5.41) is 12.0. The molecule has 0 unspecified atom stereocenters. The van der Waals surface area contributed by atoms with Crippen molar-refractivity contribution in [1.29, 1.82) is 0 Å². The van der Waals surface area contributed by atoms with Crippen molar-refractivity contribution in [2.75, 3.05) is 5.32 Å². The maximum Gasteiger partial charge on any atom is 0.176 e. The number of aromatic amines is 2. The van der Waals surface area contributed by atoms with Gasteiger partial charge in [-0.3, -0.25) is 10.1 Å². The zero-order valence-electron chi connectivity index (χ0n) is 22.7. The molecule has 0 atom stereocenters. The van der Waals surface area contributed by atoms with Crippen LogP contribution in [0.1, 0.15) is 43.3 Å². The summed E-state index contributed by atoms with van der Waals surface area (Å²) in [5.74, 6) is 0. The molecular weight excluding hydrogens is 505 g/mol. The second kappa shape index (κ2) is 10.5. The highest BCUT2D eigenvalue weighted by Crippen LogP contribution is 2.36. The van der Waals surface area contributed by atoms with Gasteiger partial charge in [-0.05, 0) is 60.7 Å². The fourth-order valence-corrected chi connectivity index (χ4v) is 5.57. The molecule has 0 saturated carbocycles. The van der Waals surface area contributed by atoms with Crippen LogP contribution in [0.2, 0.25) is 0 Å². The summed E-state index contributed by atoms with van der Waals surface area (Å²) in [5.41, 5.74) is 9.55. The molecule has 4 heterocycles. The summed E-state index contributed by atoms with van der Waals surface area (Å²) < 4.78 is 13.8. The van der Waals surface area contributed by atoms with E-state index in [4.69, 9.17) is 0 Å². The van der Waals surface area contributed by atoms with Crippen LogP contribution in [0.25, 0.3) is 39.0 Å². The number of hydrogen-bond acceptors (Lipinski definition) is 4. The monoisotopic (exact) mass is 537 g/mol. The topological polar surface area (TPSA) is 69.4 Å². The van der Waals surface area contributed by atoms with Gasteiger partial charge in [0.05, 0.1) is 23.1 Å². The summed E-state index contributed by atoms with van der Waals surface area (Å²) in [6.07, 6.45) is 8.18. The Labute approximate surface area is 232 Å². The minimum absolute atomic E-state index is 0.149. The average molecular weight is 538 g/mol. The molecule has 7 heteroatoms. The molecule has 0 bridgehead atoms. The van der Waals surface area contributed by atoms with Gasteiger partial charge in [-0.15, -0.1) is 11.3 Å². The van der Waals surface area contributed by atoms with E-state index in [0.717, 1.165) is 84.3 Å². The molecule has 39 heavy (non-hydrogen) atoms. The normalized spacial score (nSPS) is 12.2. The first kappa shape index (κ1) is 26.4. The van der Waals surface area contributed by atoms with Crippen LogP contribution in [0.5, 0.6) is 0 Å². The highest BCUT2D eigenvalue weighted by atomic mass is 32.1. The summed E-state index contributed by atoms with van der Waals surface area (Å²) in [6, 6.07) is 13.7. The Bertz CT molecular complexity index is 1710. The summed E-state index contributed by atoms with van der Waals surface area (Å²) in [4.78, 5) is 8.80. The van der Waals surface area contributed by atoms with Gasteiger partial charge in [0.25, 0.3) is 0 Å². The SMILES string of the molecule is C=C/C=C(/c1ccc(F)s1)c1cc(-c2n[nH]c3ccc(-c4cncc(NC(=C)CC(C)(C)C)c4)cc23)[nH]c1C. The smallest absolute Gasteiger partial charge is 0.176 e. The number of halogens is 1. The number of anilines is 1. The largest absolute Gasteiger partial charge is 0.358 e. The molecule has 3 N–H and O–H groups in total. The lowest BCUT2D eigenvalue weighted by atomic mass is 9.91. The molecule has 0 aliphatic carbocycles. The second-order valence-electron chi connectivity index (χ2n) is 10.9. The molecule has 0 radical (unpaired) electrons. The molecule has 0 aliphatic rings. The predicted molar refractivity (Wildman–Crippen MR) is 162 cm³/mol. The molecule has 198 valence electrons. The number of thiophene rings is 1. The average Bonchev–Trinajstić information content (AvgIpc) is 3.59. The maximum atomic E-state index is 13.8. The Morgan fingerprint density at radius 1 is 1.10 bits per heavy atom. The lowest BCUT2D eigenvalue weighted by molar-refractivity contribution is 0.411. The van der Waals surface area contributed by atoms with Crippen molar-refractivity contribution in [2.24, 2.45) is 5.41 Å². The van der Waals surface area contributed by atoms with Crippen molar-refractivity contribution in [3.05, 3.63) is 107 Å². The van der Waals surface area contributed by atoms with E-state index >= 15 is 0 Å². The van der Waals surface area contributed by atoms with E-state index in [1.165, 1.54) is 6.07 Å². The first-order chi connectivity index (χ1) is 18.6. The first-order valence-electron chi connectivity index (χ1n) is 12.8. The van der Waals surface area contributed by atoms with E-state index in [0.29, 0.717) is 0 Å². The first-order valence-corrected chi connectivity index (χ1v) is 13.6. The number of allylic oxidation sites excluding steroid dienone is 3. The number of nitrogens with zero attached hydrogens (tertiary/aromatic N) is 2. The third-order valence-electron chi connectivity index (χ3n) is 6.38. The quantitative estimate of drug-likeness (QED) is 0.173. The Morgan fingerprint density at radius 3 is 2.64 bits per heavy atom. The third-order valence-corrected chi connectivity index (χ3v) is 7.29. The molecule has 0 fully saturated rings. The highest BCUT2D eigenvalue weighted by molar-refractivity contribution is 7.11. The number of pyridine rings is 1. The zero-order valence-corrected chi connectivity index (χ0v) is 23.5. The number of nitrogens with one attached hydrogen (secondary N) is 3. The highest BCUT2D eigenvalue weighted by Gasteiger charge is 2.18. The lowest BCUT2D eigenvalue weighted by Gasteiger charge is -2.20. The van der Waals surface area contributed by atoms with E-state index in [-0.39, 0.29) is 10.5 Å². The van der Waals surface area contributed by atoms with E-state index in [1.54, 1.807) is 12.1 Å². The molecule has 4 aromatic heterocycles. The van der Waals surface area contributed by atoms with Gasteiger partial charge in [0.2, 0.25) is 0 Å². The fourth-order valence-electron chi connectivity index (χ4n) is 4.80.